The van der Waals surface area contributed by atoms with Crippen molar-refractivity contribution in [3.8, 4) is 55.6 Å². The van der Waals surface area contributed by atoms with Crippen LogP contribution in [0.25, 0.3) is 66.4 Å². The average Bonchev–Trinajstić information content (AvgIpc) is 3.73. The van der Waals surface area contributed by atoms with Gasteiger partial charge in [0.2, 0.25) is 0 Å². The summed E-state index contributed by atoms with van der Waals surface area (Å²) in [6.45, 7) is 4.77. The normalized spacial score (nSPS) is 15.2. The quantitative estimate of drug-likeness (QED) is 0.162. The Labute approximate surface area is 366 Å². The predicted molar refractivity (Wildman–Crippen MR) is 262 cm³/mol. The third kappa shape index (κ3) is 5.54. The zero-order valence-electron chi connectivity index (χ0n) is 35.5. The van der Waals surface area contributed by atoms with Crippen LogP contribution in [0.2, 0.25) is 0 Å². The molecule has 1 spiro atoms. The number of nitrogens with zero attached hydrogens (tertiary/aromatic N) is 1. The minimum absolute atomic E-state index is 0.0577. The number of fused-ring (bicyclic) bond motifs is 9. The molecular formula is C61H49N. The first-order valence-electron chi connectivity index (χ1n) is 22.6. The summed E-state index contributed by atoms with van der Waals surface area (Å²) in [7, 11) is 0. The Morgan fingerprint density at radius 1 is 0.371 bits per heavy atom. The summed E-state index contributed by atoms with van der Waals surface area (Å²) in [6.07, 6.45) is 6.26. The first kappa shape index (κ1) is 36.9. The fourth-order valence-electron chi connectivity index (χ4n) is 11.9. The van der Waals surface area contributed by atoms with E-state index in [-0.39, 0.29) is 10.8 Å². The van der Waals surface area contributed by atoms with Gasteiger partial charge in [-0.05, 0) is 126 Å². The van der Waals surface area contributed by atoms with Crippen LogP contribution in [-0.2, 0) is 10.8 Å². The lowest BCUT2D eigenvalue weighted by Gasteiger charge is -2.37. The molecule has 62 heavy (non-hydrogen) atoms. The molecule has 0 unspecified atom stereocenters. The second-order valence-corrected chi connectivity index (χ2v) is 18.3. The number of para-hydroxylation sites is 1. The highest BCUT2D eigenvalue weighted by Gasteiger charge is 2.44. The first-order chi connectivity index (χ1) is 30.5. The maximum atomic E-state index is 2.56. The van der Waals surface area contributed by atoms with E-state index in [1.807, 2.05) is 0 Å². The van der Waals surface area contributed by atoms with Gasteiger partial charge in [-0.25, -0.2) is 0 Å². The topological polar surface area (TPSA) is 3.24 Å². The minimum Gasteiger partial charge on any atom is -0.310 e. The monoisotopic (exact) mass is 795 g/mol. The molecule has 0 bridgehead atoms. The van der Waals surface area contributed by atoms with Crippen LogP contribution in [0, 0.1) is 0 Å². The van der Waals surface area contributed by atoms with Gasteiger partial charge in [-0.15, -0.1) is 0 Å². The lowest BCUT2D eigenvalue weighted by Crippen LogP contribution is -2.28. The van der Waals surface area contributed by atoms with Crippen LogP contribution in [0.4, 0.5) is 17.1 Å². The van der Waals surface area contributed by atoms with Gasteiger partial charge in [-0.3, -0.25) is 0 Å². The molecule has 12 rings (SSSR count). The molecule has 0 radical (unpaired) electrons. The van der Waals surface area contributed by atoms with E-state index in [0.717, 1.165) is 5.69 Å². The van der Waals surface area contributed by atoms with E-state index in [1.165, 1.54) is 132 Å². The molecule has 3 aliphatic rings. The van der Waals surface area contributed by atoms with E-state index in [1.54, 1.807) is 0 Å². The molecule has 0 saturated heterocycles. The van der Waals surface area contributed by atoms with Crippen molar-refractivity contribution in [3.05, 3.63) is 222 Å². The zero-order chi connectivity index (χ0) is 41.4. The molecular weight excluding hydrogens is 747 g/mol. The second-order valence-electron chi connectivity index (χ2n) is 18.3. The Morgan fingerprint density at radius 3 is 1.69 bits per heavy atom. The fraction of sp³-hybridized carbons (Fsp3) is 0.148. The maximum absolute atomic E-state index is 2.56. The summed E-state index contributed by atoms with van der Waals surface area (Å²) >= 11 is 0. The van der Waals surface area contributed by atoms with E-state index in [9.17, 15) is 0 Å². The van der Waals surface area contributed by atoms with Gasteiger partial charge >= 0.3 is 0 Å². The Bertz CT molecular complexity index is 3190. The van der Waals surface area contributed by atoms with Crippen molar-refractivity contribution in [2.75, 3.05) is 4.90 Å². The molecule has 1 heteroatoms. The molecule has 298 valence electrons. The highest BCUT2D eigenvalue weighted by Crippen LogP contribution is 2.58. The molecule has 0 N–H and O–H groups in total. The number of hydrogen-bond acceptors (Lipinski definition) is 1. The standard InChI is InChI=1S/C61H49N/c1-60(2)55-29-11-8-24-50(55)54-28-17-27-53(59(54)60)48-22-7-6-21-46(48)42-32-34-43(35-33-42)62(58-31-13-10-25-52(58)47-26-16-19-41-18-4-5-20-45(41)47)44-36-37-51-49-23-9-12-30-56(49)61(57(51)40-44)38-14-3-15-39-61/h4-13,16-37,40H,3,14-15,38-39H2,1-2H3. The van der Waals surface area contributed by atoms with Gasteiger partial charge in [0.25, 0.3) is 0 Å². The fourth-order valence-corrected chi connectivity index (χ4v) is 11.9. The smallest absolute Gasteiger partial charge is 0.0540 e. The third-order valence-electron chi connectivity index (χ3n) is 14.7. The average molecular weight is 796 g/mol. The van der Waals surface area contributed by atoms with Gasteiger partial charge in [-0.1, -0.05) is 203 Å². The zero-order valence-corrected chi connectivity index (χ0v) is 35.5. The third-order valence-corrected chi connectivity index (χ3v) is 14.7. The largest absolute Gasteiger partial charge is 0.310 e. The molecule has 9 aromatic rings. The van der Waals surface area contributed by atoms with Crippen LogP contribution in [-0.4, -0.2) is 0 Å². The van der Waals surface area contributed by atoms with Crippen LogP contribution in [0.5, 0.6) is 0 Å². The van der Waals surface area contributed by atoms with E-state index in [2.05, 4.69) is 219 Å². The Kier molecular flexibility index (Phi) is 8.51. The molecule has 0 aromatic heterocycles. The summed E-state index contributed by atoms with van der Waals surface area (Å²) in [5.41, 5.74) is 22.3. The SMILES string of the molecule is CC1(C)c2ccccc2-c2cccc(-c3ccccc3-c3ccc(N(c4ccc5c(c4)C4(CCCCC4)c4ccccc4-5)c4ccccc4-c4cccc5ccccc45)cc3)c21. The Morgan fingerprint density at radius 2 is 0.903 bits per heavy atom. The number of benzene rings is 9. The molecule has 1 nitrogen and oxygen atoms in total. The van der Waals surface area contributed by atoms with Crippen molar-refractivity contribution >= 4 is 27.8 Å². The second kappa shape index (κ2) is 14.3. The van der Waals surface area contributed by atoms with E-state index in [4.69, 9.17) is 0 Å². The minimum atomic E-state index is -0.106. The highest BCUT2D eigenvalue weighted by molar-refractivity contribution is 6.02. The Hall–Kier alpha value is -6.96. The van der Waals surface area contributed by atoms with Crippen molar-refractivity contribution in [1.29, 1.82) is 0 Å². The molecule has 1 saturated carbocycles. The van der Waals surface area contributed by atoms with Crippen LogP contribution >= 0.6 is 0 Å². The summed E-state index contributed by atoms with van der Waals surface area (Å²) in [6, 6.07) is 75.3. The number of rotatable bonds is 6. The summed E-state index contributed by atoms with van der Waals surface area (Å²) in [5, 5.41) is 2.51. The summed E-state index contributed by atoms with van der Waals surface area (Å²) in [5.74, 6) is 0. The van der Waals surface area contributed by atoms with Gasteiger partial charge in [-0.2, -0.15) is 0 Å². The number of anilines is 3. The lowest BCUT2D eigenvalue weighted by molar-refractivity contribution is 0.353. The molecule has 1 fully saturated rings. The van der Waals surface area contributed by atoms with Crippen LogP contribution in [0.3, 0.4) is 0 Å². The van der Waals surface area contributed by atoms with Crippen LogP contribution < -0.4 is 4.90 Å². The van der Waals surface area contributed by atoms with Crippen molar-refractivity contribution < 1.29 is 0 Å². The lowest BCUT2D eigenvalue weighted by atomic mass is 9.68. The van der Waals surface area contributed by atoms with Crippen molar-refractivity contribution in [1.82, 2.24) is 0 Å². The molecule has 0 heterocycles. The van der Waals surface area contributed by atoms with Gasteiger partial charge in [0.05, 0.1) is 5.69 Å². The van der Waals surface area contributed by atoms with Gasteiger partial charge < -0.3 is 4.90 Å². The highest BCUT2D eigenvalue weighted by atomic mass is 15.1. The van der Waals surface area contributed by atoms with Crippen molar-refractivity contribution in [2.45, 2.75) is 56.8 Å². The van der Waals surface area contributed by atoms with Crippen molar-refractivity contribution in [2.24, 2.45) is 0 Å². The molecule has 3 aliphatic carbocycles. The first-order valence-corrected chi connectivity index (χ1v) is 22.6. The summed E-state index contributed by atoms with van der Waals surface area (Å²) < 4.78 is 0. The molecule has 0 atom stereocenters. The Balaban J connectivity index is 1.02. The van der Waals surface area contributed by atoms with Crippen LogP contribution in [0.1, 0.15) is 68.2 Å². The maximum Gasteiger partial charge on any atom is 0.0540 e. The molecule has 0 amide bonds. The van der Waals surface area contributed by atoms with E-state index < -0.39 is 0 Å². The van der Waals surface area contributed by atoms with E-state index in [0.29, 0.717) is 0 Å². The number of hydrogen-bond donors (Lipinski definition) is 0. The summed E-state index contributed by atoms with van der Waals surface area (Å²) in [4.78, 5) is 2.52. The van der Waals surface area contributed by atoms with Gasteiger partial charge in [0.1, 0.15) is 0 Å². The molecule has 0 aliphatic heterocycles. The van der Waals surface area contributed by atoms with Crippen molar-refractivity contribution in [3.63, 3.8) is 0 Å². The molecule has 9 aromatic carbocycles. The van der Waals surface area contributed by atoms with Gasteiger partial charge in [0, 0.05) is 27.8 Å². The van der Waals surface area contributed by atoms with E-state index >= 15 is 0 Å². The predicted octanol–water partition coefficient (Wildman–Crippen LogP) is 16.8. The van der Waals surface area contributed by atoms with Crippen LogP contribution in [0.15, 0.2) is 200 Å². The van der Waals surface area contributed by atoms with Gasteiger partial charge in [0.15, 0.2) is 0 Å².